The molecule has 0 aliphatic carbocycles. The van der Waals surface area contributed by atoms with Crippen molar-refractivity contribution in [1.29, 1.82) is 5.41 Å². The smallest absolute Gasteiger partial charge is 0.283 e. The van der Waals surface area contributed by atoms with E-state index in [-0.39, 0.29) is 10.9 Å². The lowest BCUT2D eigenvalue weighted by atomic mass is 10.2. The monoisotopic (exact) mass is 293 g/mol. The number of anilines is 1. The molecule has 1 aromatic carbocycles. The Morgan fingerprint density at radius 1 is 1.35 bits per heavy atom. The van der Waals surface area contributed by atoms with E-state index in [2.05, 4.69) is 4.98 Å². The summed E-state index contributed by atoms with van der Waals surface area (Å²) < 4.78 is 27.4. The summed E-state index contributed by atoms with van der Waals surface area (Å²) in [6.07, 6.45) is 2.87. The number of nitrogens with two attached hydrogens (primary N) is 1. The van der Waals surface area contributed by atoms with Crippen LogP contribution in [0.2, 0.25) is 0 Å². The van der Waals surface area contributed by atoms with Crippen molar-refractivity contribution < 1.29 is 8.42 Å². The van der Waals surface area contributed by atoms with Gasteiger partial charge in [-0.15, -0.1) is 0 Å². The van der Waals surface area contributed by atoms with Crippen LogP contribution < -0.4 is 10.0 Å². The summed E-state index contributed by atoms with van der Waals surface area (Å²) >= 11 is 0. The number of sulfonamides is 1. The molecule has 106 valence electrons. The van der Waals surface area contributed by atoms with Gasteiger partial charge in [0.05, 0.1) is 12.0 Å². The van der Waals surface area contributed by atoms with Gasteiger partial charge >= 0.3 is 0 Å². The van der Waals surface area contributed by atoms with E-state index in [1.165, 1.54) is 19.6 Å². The number of aromatic nitrogens is 2. The van der Waals surface area contributed by atoms with Crippen LogP contribution in [0.3, 0.4) is 0 Å². The van der Waals surface area contributed by atoms with Crippen molar-refractivity contribution in [3.63, 3.8) is 0 Å². The molecule has 1 heterocycles. The van der Waals surface area contributed by atoms with E-state index in [1.807, 2.05) is 0 Å². The molecule has 0 saturated heterocycles. The van der Waals surface area contributed by atoms with E-state index in [0.717, 1.165) is 4.31 Å². The van der Waals surface area contributed by atoms with Crippen LogP contribution in [-0.4, -0.2) is 30.9 Å². The molecule has 20 heavy (non-hydrogen) atoms. The fraction of sp³-hybridized carbons (Fsp3) is 0.167. The highest BCUT2D eigenvalue weighted by Gasteiger charge is 2.23. The fourth-order valence-corrected chi connectivity index (χ4v) is 2.81. The maximum atomic E-state index is 12.3. The Hall–Kier alpha value is -2.35. The third-order valence-electron chi connectivity index (χ3n) is 2.85. The van der Waals surface area contributed by atoms with E-state index < -0.39 is 10.0 Å². The van der Waals surface area contributed by atoms with Gasteiger partial charge in [-0.05, 0) is 24.3 Å². The molecule has 0 spiro atoms. The van der Waals surface area contributed by atoms with Gasteiger partial charge in [0.2, 0.25) is 0 Å². The topological polar surface area (TPSA) is 105 Å². The molecule has 1 aromatic heterocycles. The van der Waals surface area contributed by atoms with Gasteiger partial charge < -0.3 is 10.3 Å². The van der Waals surface area contributed by atoms with Crippen molar-refractivity contribution in [1.82, 2.24) is 9.55 Å². The number of imidazole rings is 1. The predicted octanol–water partition coefficient (Wildman–Crippen LogP) is 0.529. The Morgan fingerprint density at radius 2 is 1.95 bits per heavy atom. The van der Waals surface area contributed by atoms with E-state index in [0.29, 0.717) is 11.3 Å². The lowest BCUT2D eigenvalue weighted by Crippen LogP contribution is -2.27. The molecule has 0 aliphatic heterocycles. The van der Waals surface area contributed by atoms with Gasteiger partial charge in [0.25, 0.3) is 10.0 Å². The van der Waals surface area contributed by atoms with E-state index in [1.54, 1.807) is 35.9 Å². The Labute approximate surface area is 117 Å². The van der Waals surface area contributed by atoms with Crippen molar-refractivity contribution in [3.05, 3.63) is 42.4 Å². The molecule has 0 amide bonds. The van der Waals surface area contributed by atoms with Gasteiger partial charge in [-0.3, -0.25) is 9.71 Å². The molecule has 2 rings (SSSR count). The summed E-state index contributed by atoms with van der Waals surface area (Å²) in [6.45, 7) is 0. The first-order chi connectivity index (χ1) is 9.32. The van der Waals surface area contributed by atoms with Crippen molar-refractivity contribution >= 4 is 21.5 Å². The summed E-state index contributed by atoms with van der Waals surface area (Å²) in [5, 5.41) is 7.29. The third-order valence-corrected chi connectivity index (χ3v) is 4.52. The first-order valence-corrected chi connectivity index (χ1v) is 7.18. The Kier molecular flexibility index (Phi) is 3.49. The normalized spacial score (nSPS) is 11.3. The number of nitrogens with one attached hydrogen (secondary N) is 1. The minimum Gasteiger partial charge on any atom is -0.384 e. The van der Waals surface area contributed by atoms with E-state index >= 15 is 0 Å². The second-order valence-electron chi connectivity index (χ2n) is 4.31. The summed E-state index contributed by atoms with van der Waals surface area (Å²) in [5.41, 5.74) is 6.37. The number of hydrogen-bond donors (Lipinski definition) is 2. The Balaban J connectivity index is 2.35. The van der Waals surface area contributed by atoms with Crippen molar-refractivity contribution in [2.45, 2.75) is 5.03 Å². The number of hydrogen-bond acceptors (Lipinski definition) is 4. The average Bonchev–Trinajstić information content (AvgIpc) is 2.85. The minimum atomic E-state index is -3.69. The molecule has 0 fully saturated rings. The van der Waals surface area contributed by atoms with Gasteiger partial charge in [-0.1, -0.05) is 0 Å². The molecular weight excluding hydrogens is 278 g/mol. The van der Waals surface area contributed by atoms with Crippen molar-refractivity contribution in [2.24, 2.45) is 12.8 Å². The Bertz CT molecular complexity index is 733. The van der Waals surface area contributed by atoms with Crippen LogP contribution in [0.1, 0.15) is 5.56 Å². The number of amidine groups is 1. The van der Waals surface area contributed by atoms with Gasteiger partial charge in [0.1, 0.15) is 5.84 Å². The first-order valence-electron chi connectivity index (χ1n) is 5.73. The maximum Gasteiger partial charge on any atom is 0.283 e. The molecule has 0 radical (unpaired) electrons. The zero-order chi connectivity index (χ0) is 14.9. The van der Waals surface area contributed by atoms with E-state index in [9.17, 15) is 8.42 Å². The van der Waals surface area contributed by atoms with Gasteiger partial charge in [0, 0.05) is 25.9 Å². The molecule has 0 aliphatic rings. The number of benzene rings is 1. The molecule has 8 heteroatoms. The van der Waals surface area contributed by atoms with Crippen LogP contribution >= 0.6 is 0 Å². The molecule has 0 bridgehead atoms. The molecule has 7 nitrogen and oxygen atoms in total. The number of rotatable bonds is 4. The Morgan fingerprint density at radius 3 is 2.40 bits per heavy atom. The second kappa shape index (κ2) is 4.97. The van der Waals surface area contributed by atoms with Crippen LogP contribution in [0.25, 0.3) is 0 Å². The average molecular weight is 293 g/mol. The summed E-state index contributed by atoms with van der Waals surface area (Å²) in [5.74, 6) is -0.0632. The molecule has 0 unspecified atom stereocenters. The molecule has 0 atom stereocenters. The van der Waals surface area contributed by atoms with Gasteiger partial charge in [0.15, 0.2) is 5.03 Å². The highest BCUT2D eigenvalue weighted by Crippen LogP contribution is 2.21. The maximum absolute atomic E-state index is 12.3. The highest BCUT2D eigenvalue weighted by molar-refractivity contribution is 7.92. The molecular formula is C12H15N5O2S. The van der Waals surface area contributed by atoms with Crippen molar-refractivity contribution in [2.75, 3.05) is 11.4 Å². The van der Waals surface area contributed by atoms with Crippen LogP contribution in [0.15, 0.2) is 41.8 Å². The van der Waals surface area contributed by atoms with Crippen LogP contribution in [0.4, 0.5) is 5.69 Å². The number of aryl methyl sites for hydroxylation is 1. The van der Waals surface area contributed by atoms with Crippen LogP contribution in [-0.2, 0) is 17.1 Å². The van der Waals surface area contributed by atoms with Crippen molar-refractivity contribution in [3.8, 4) is 0 Å². The summed E-state index contributed by atoms with van der Waals surface area (Å²) in [4.78, 5) is 3.86. The number of nitrogens with zero attached hydrogens (tertiary/aromatic N) is 3. The quantitative estimate of drug-likeness (QED) is 0.633. The standard InChI is InChI=1S/C12H15N5O2S/c1-16-7-11(15-8-16)20(18,19)17(2)10-5-3-9(4-6-10)12(13)14/h3-8H,1-2H3,(H3,13,14). The zero-order valence-corrected chi connectivity index (χ0v) is 11.9. The summed E-state index contributed by atoms with van der Waals surface area (Å²) in [7, 11) is -0.535. The third kappa shape index (κ3) is 2.50. The first kappa shape index (κ1) is 14.1. The lowest BCUT2D eigenvalue weighted by molar-refractivity contribution is 0.591. The molecule has 0 saturated carbocycles. The predicted molar refractivity (Wildman–Crippen MR) is 76.3 cm³/mol. The zero-order valence-electron chi connectivity index (χ0n) is 11.1. The SMILES string of the molecule is CN(c1ccc(C(=N)N)cc1)S(=O)(=O)c1cn(C)cn1. The highest BCUT2D eigenvalue weighted by atomic mass is 32.2. The minimum absolute atomic E-state index is 0.0156. The summed E-state index contributed by atoms with van der Waals surface area (Å²) in [6, 6.07) is 6.39. The van der Waals surface area contributed by atoms with E-state index in [4.69, 9.17) is 11.1 Å². The van der Waals surface area contributed by atoms with Crippen LogP contribution in [0.5, 0.6) is 0 Å². The van der Waals surface area contributed by atoms with Crippen LogP contribution in [0, 0.1) is 5.41 Å². The lowest BCUT2D eigenvalue weighted by Gasteiger charge is -2.18. The number of nitrogen functional groups attached to an aromatic ring is 1. The fourth-order valence-electron chi connectivity index (χ4n) is 1.65. The molecule has 2 aromatic rings. The molecule has 3 N–H and O–H groups in total. The van der Waals surface area contributed by atoms with Gasteiger partial charge in [-0.2, -0.15) is 8.42 Å². The largest absolute Gasteiger partial charge is 0.384 e. The van der Waals surface area contributed by atoms with Gasteiger partial charge in [-0.25, -0.2) is 4.98 Å². The second-order valence-corrected chi connectivity index (χ2v) is 6.23.